The van der Waals surface area contributed by atoms with Crippen LogP contribution in [0.25, 0.3) is 0 Å². The molecule has 0 saturated heterocycles. The van der Waals surface area contributed by atoms with Crippen LogP contribution in [0.3, 0.4) is 0 Å². The normalized spacial score (nSPS) is 11.1. The smallest absolute Gasteiger partial charge is 0.313 e. The van der Waals surface area contributed by atoms with Gasteiger partial charge in [0.15, 0.2) is 5.84 Å². The molecule has 0 radical (unpaired) electrons. The van der Waals surface area contributed by atoms with Gasteiger partial charge < -0.3 is 20.0 Å². The van der Waals surface area contributed by atoms with Gasteiger partial charge in [-0.05, 0) is 6.92 Å². The number of hydrogen-bond donors (Lipinski definition) is 1. The van der Waals surface area contributed by atoms with Gasteiger partial charge in [0.2, 0.25) is 0 Å². The van der Waals surface area contributed by atoms with Crippen LogP contribution in [-0.2, 0) is 19.1 Å². The van der Waals surface area contributed by atoms with Gasteiger partial charge in [-0.3, -0.25) is 4.79 Å². The zero-order valence-electron chi connectivity index (χ0n) is 8.49. The molecule has 0 aromatic heterocycles. The van der Waals surface area contributed by atoms with Crippen molar-refractivity contribution in [3.8, 4) is 0 Å². The maximum Gasteiger partial charge on any atom is 0.313 e. The highest BCUT2D eigenvalue weighted by molar-refractivity contribution is 5.96. The van der Waals surface area contributed by atoms with E-state index in [4.69, 9.17) is 15.3 Å². The molecule has 0 amide bonds. The minimum Gasteiger partial charge on any atom is -0.466 e. The molecule has 0 saturated carbocycles. The van der Waals surface area contributed by atoms with Gasteiger partial charge in [0, 0.05) is 7.11 Å². The Morgan fingerprint density at radius 1 is 1.43 bits per heavy atom. The lowest BCUT2D eigenvalue weighted by molar-refractivity contribution is -0.141. The molecule has 0 fully saturated rings. The number of esters is 1. The molecule has 0 aromatic carbocycles. The summed E-state index contributed by atoms with van der Waals surface area (Å²) in [6.45, 7) is 2.78. The zero-order chi connectivity index (χ0) is 10.8. The van der Waals surface area contributed by atoms with E-state index in [0.29, 0.717) is 19.8 Å². The number of hydrogen-bond acceptors (Lipinski definition) is 5. The summed E-state index contributed by atoms with van der Waals surface area (Å²) >= 11 is 0. The maximum absolute atomic E-state index is 10.9. The molecule has 0 rings (SSSR count). The van der Waals surface area contributed by atoms with Crippen LogP contribution in [0.15, 0.2) is 5.16 Å². The molecule has 0 aliphatic carbocycles. The Labute approximate surface area is 83.0 Å². The number of amidine groups is 1. The average molecular weight is 204 g/mol. The van der Waals surface area contributed by atoms with Gasteiger partial charge in [-0.15, -0.1) is 0 Å². The summed E-state index contributed by atoms with van der Waals surface area (Å²) in [4.78, 5) is 15.6. The quantitative estimate of drug-likeness (QED) is 0.205. The number of rotatable bonds is 7. The molecule has 0 aromatic rings. The average Bonchev–Trinajstić information content (AvgIpc) is 2.13. The first kappa shape index (κ1) is 12.7. The van der Waals surface area contributed by atoms with Crippen LogP contribution in [0.4, 0.5) is 0 Å². The molecule has 6 nitrogen and oxygen atoms in total. The summed E-state index contributed by atoms with van der Waals surface area (Å²) in [6, 6.07) is 0. The minimum absolute atomic E-state index is 0.0547. The molecule has 0 unspecified atom stereocenters. The lowest BCUT2D eigenvalue weighted by Crippen LogP contribution is -2.19. The molecule has 2 N–H and O–H groups in total. The first-order valence-corrected chi connectivity index (χ1v) is 4.29. The van der Waals surface area contributed by atoms with Crippen molar-refractivity contribution in [2.24, 2.45) is 10.9 Å². The number of oxime groups is 1. The highest BCUT2D eigenvalue weighted by Crippen LogP contribution is 1.88. The summed E-state index contributed by atoms with van der Waals surface area (Å²) in [5.41, 5.74) is 5.37. The van der Waals surface area contributed by atoms with Crippen LogP contribution in [-0.4, -0.2) is 38.7 Å². The van der Waals surface area contributed by atoms with Gasteiger partial charge in [0.25, 0.3) is 0 Å². The Morgan fingerprint density at radius 3 is 2.71 bits per heavy atom. The predicted octanol–water partition coefficient (Wildman–Crippen LogP) is -0.125. The monoisotopic (exact) mass is 204 g/mol. The Hall–Kier alpha value is -1.30. The van der Waals surface area contributed by atoms with Gasteiger partial charge in [-0.1, -0.05) is 5.16 Å². The number of nitrogens with two attached hydrogens (primary N) is 1. The molecule has 0 atom stereocenters. The highest BCUT2D eigenvalue weighted by atomic mass is 16.6. The topological polar surface area (TPSA) is 83.1 Å². The Bertz CT molecular complexity index is 194. The largest absolute Gasteiger partial charge is 0.466 e. The Morgan fingerprint density at radius 2 is 2.14 bits per heavy atom. The van der Waals surface area contributed by atoms with E-state index in [1.54, 1.807) is 14.0 Å². The molecule has 6 heteroatoms. The fraction of sp³-hybridized carbons (Fsp3) is 0.750. The summed E-state index contributed by atoms with van der Waals surface area (Å²) in [7, 11) is 1.55. The third-order valence-corrected chi connectivity index (χ3v) is 1.19. The Balaban J connectivity index is 3.60. The standard InChI is InChI=1S/C8H16N2O4/c1-3-13-8(11)6-7(9)10-14-5-4-12-2/h3-6H2,1-2H3,(H2,9,10). The highest BCUT2D eigenvalue weighted by Gasteiger charge is 2.04. The van der Waals surface area contributed by atoms with Crippen LogP contribution in [0, 0.1) is 0 Å². The van der Waals surface area contributed by atoms with Gasteiger partial charge in [0.05, 0.1) is 13.2 Å². The second kappa shape index (κ2) is 8.31. The van der Waals surface area contributed by atoms with Gasteiger partial charge in [0.1, 0.15) is 13.0 Å². The summed E-state index contributed by atoms with van der Waals surface area (Å²) in [5, 5.41) is 3.50. The fourth-order valence-electron chi connectivity index (χ4n) is 0.641. The van der Waals surface area contributed by atoms with Crippen molar-refractivity contribution in [1.82, 2.24) is 0 Å². The van der Waals surface area contributed by atoms with E-state index in [1.807, 2.05) is 0 Å². The SMILES string of the molecule is CCOC(=O)CC(N)=NOCCOC. The van der Waals surface area contributed by atoms with Crippen LogP contribution >= 0.6 is 0 Å². The minimum atomic E-state index is -0.413. The second-order valence-electron chi connectivity index (χ2n) is 2.39. The zero-order valence-corrected chi connectivity index (χ0v) is 8.49. The van der Waals surface area contributed by atoms with Crippen molar-refractivity contribution in [3.05, 3.63) is 0 Å². The van der Waals surface area contributed by atoms with E-state index >= 15 is 0 Å². The van der Waals surface area contributed by atoms with Crippen molar-refractivity contribution >= 4 is 11.8 Å². The molecular formula is C8H16N2O4. The number of ether oxygens (including phenoxy) is 2. The lowest BCUT2D eigenvalue weighted by Gasteiger charge is -2.01. The van der Waals surface area contributed by atoms with Crippen molar-refractivity contribution < 1.29 is 19.1 Å². The molecule has 0 spiro atoms. The van der Waals surface area contributed by atoms with E-state index in [9.17, 15) is 4.79 Å². The first-order chi connectivity index (χ1) is 6.70. The van der Waals surface area contributed by atoms with Crippen LogP contribution < -0.4 is 5.73 Å². The van der Waals surface area contributed by atoms with Gasteiger partial charge in [-0.25, -0.2) is 0 Å². The Kier molecular flexibility index (Phi) is 7.53. The second-order valence-corrected chi connectivity index (χ2v) is 2.39. The number of nitrogens with zero attached hydrogens (tertiary/aromatic N) is 1. The third kappa shape index (κ3) is 7.35. The van der Waals surface area contributed by atoms with Crippen LogP contribution in [0.1, 0.15) is 13.3 Å². The fourth-order valence-corrected chi connectivity index (χ4v) is 0.641. The molecule has 14 heavy (non-hydrogen) atoms. The number of carbonyl (C=O) groups is 1. The number of methoxy groups -OCH3 is 1. The van der Waals surface area contributed by atoms with Gasteiger partial charge >= 0.3 is 5.97 Å². The van der Waals surface area contributed by atoms with Crippen LogP contribution in [0.2, 0.25) is 0 Å². The van der Waals surface area contributed by atoms with E-state index in [-0.39, 0.29) is 12.3 Å². The molecular weight excluding hydrogens is 188 g/mol. The predicted molar refractivity (Wildman–Crippen MR) is 50.7 cm³/mol. The first-order valence-electron chi connectivity index (χ1n) is 4.29. The molecule has 0 heterocycles. The van der Waals surface area contributed by atoms with E-state index in [1.165, 1.54) is 0 Å². The lowest BCUT2D eigenvalue weighted by atomic mass is 10.4. The van der Waals surface area contributed by atoms with Crippen molar-refractivity contribution in [1.29, 1.82) is 0 Å². The summed E-state index contributed by atoms with van der Waals surface area (Å²) in [5.74, 6) is -0.316. The molecule has 0 aliphatic heterocycles. The van der Waals surface area contributed by atoms with Crippen molar-refractivity contribution in [3.63, 3.8) is 0 Å². The summed E-state index contributed by atoms with van der Waals surface area (Å²) in [6.07, 6.45) is -0.0547. The van der Waals surface area contributed by atoms with E-state index in [2.05, 4.69) is 9.89 Å². The summed E-state index contributed by atoms with van der Waals surface area (Å²) < 4.78 is 9.38. The molecule has 82 valence electrons. The maximum atomic E-state index is 10.9. The van der Waals surface area contributed by atoms with Crippen molar-refractivity contribution in [2.45, 2.75) is 13.3 Å². The molecule has 0 aliphatic rings. The van der Waals surface area contributed by atoms with Crippen LogP contribution in [0.5, 0.6) is 0 Å². The number of carbonyl (C=O) groups excluding carboxylic acids is 1. The van der Waals surface area contributed by atoms with Crippen molar-refractivity contribution in [2.75, 3.05) is 26.9 Å². The van der Waals surface area contributed by atoms with E-state index < -0.39 is 5.97 Å². The third-order valence-electron chi connectivity index (χ3n) is 1.19. The molecule has 0 bridgehead atoms. The van der Waals surface area contributed by atoms with Gasteiger partial charge in [-0.2, -0.15) is 0 Å². The van der Waals surface area contributed by atoms with E-state index in [0.717, 1.165) is 0 Å².